The number of methoxy groups -OCH3 is 1. The van der Waals surface area contributed by atoms with E-state index in [9.17, 15) is 4.79 Å². The summed E-state index contributed by atoms with van der Waals surface area (Å²) in [6.45, 7) is 2.09. The predicted molar refractivity (Wildman–Crippen MR) is 82.9 cm³/mol. The highest BCUT2D eigenvalue weighted by Crippen LogP contribution is 2.31. The van der Waals surface area contributed by atoms with Crippen molar-refractivity contribution in [2.24, 2.45) is 0 Å². The second-order valence-corrected chi connectivity index (χ2v) is 5.44. The fraction of sp³-hybridized carbons (Fsp3) is 0.188. The number of ether oxygens (including phenoxy) is 1. The third kappa shape index (κ3) is 3.14. The number of anilines is 1. The number of hydrogen-bond acceptors (Lipinski definition) is 4. The van der Waals surface area contributed by atoms with Gasteiger partial charge in [-0.05, 0) is 30.2 Å². The van der Waals surface area contributed by atoms with E-state index >= 15 is 0 Å². The van der Waals surface area contributed by atoms with E-state index in [0.29, 0.717) is 11.3 Å². The maximum Gasteiger partial charge on any atom is 0.339 e. The van der Waals surface area contributed by atoms with E-state index in [4.69, 9.17) is 10.5 Å². The van der Waals surface area contributed by atoms with Gasteiger partial charge in [-0.2, -0.15) is 0 Å². The zero-order valence-electron chi connectivity index (χ0n) is 11.6. The van der Waals surface area contributed by atoms with Gasteiger partial charge in [0.25, 0.3) is 0 Å². The molecule has 0 aliphatic rings. The molecule has 0 bridgehead atoms. The number of carbonyl (C=O) groups is 1. The summed E-state index contributed by atoms with van der Waals surface area (Å²) in [6, 6.07) is 13.7. The second-order valence-electron chi connectivity index (χ2n) is 4.42. The summed E-state index contributed by atoms with van der Waals surface area (Å²) in [5, 5.41) is 0. The van der Waals surface area contributed by atoms with E-state index in [-0.39, 0.29) is 0 Å². The van der Waals surface area contributed by atoms with Gasteiger partial charge in [0.05, 0.1) is 18.4 Å². The number of thioether (sulfide) groups is 1. The first-order chi connectivity index (χ1) is 9.63. The summed E-state index contributed by atoms with van der Waals surface area (Å²) in [6.07, 6.45) is 0. The molecule has 4 heteroatoms. The molecule has 20 heavy (non-hydrogen) atoms. The molecule has 3 nitrogen and oxygen atoms in total. The number of para-hydroxylation sites is 1. The van der Waals surface area contributed by atoms with Crippen molar-refractivity contribution in [1.82, 2.24) is 0 Å². The van der Waals surface area contributed by atoms with E-state index in [1.807, 2.05) is 24.3 Å². The molecule has 0 saturated heterocycles. The monoisotopic (exact) mass is 287 g/mol. The van der Waals surface area contributed by atoms with Crippen LogP contribution in [0.2, 0.25) is 0 Å². The van der Waals surface area contributed by atoms with Gasteiger partial charge >= 0.3 is 5.97 Å². The first-order valence-electron chi connectivity index (χ1n) is 6.27. The van der Waals surface area contributed by atoms with Crippen LogP contribution in [0, 0.1) is 6.92 Å². The third-order valence-corrected chi connectivity index (χ3v) is 4.24. The van der Waals surface area contributed by atoms with Crippen LogP contribution in [-0.4, -0.2) is 13.1 Å². The maximum atomic E-state index is 11.6. The average Bonchev–Trinajstić information content (AvgIpc) is 2.47. The molecule has 0 aliphatic carbocycles. The van der Waals surface area contributed by atoms with E-state index < -0.39 is 5.97 Å². The third-order valence-electron chi connectivity index (χ3n) is 3.12. The van der Waals surface area contributed by atoms with Crippen LogP contribution in [0.3, 0.4) is 0 Å². The van der Waals surface area contributed by atoms with Gasteiger partial charge in [-0.25, -0.2) is 4.79 Å². The van der Waals surface area contributed by atoms with Gasteiger partial charge in [0.15, 0.2) is 0 Å². The number of hydrogen-bond donors (Lipinski definition) is 1. The highest BCUT2D eigenvalue weighted by atomic mass is 32.2. The highest BCUT2D eigenvalue weighted by molar-refractivity contribution is 7.98. The van der Waals surface area contributed by atoms with Gasteiger partial charge in [0.2, 0.25) is 0 Å². The maximum absolute atomic E-state index is 11.6. The Bertz CT molecular complexity index is 626. The van der Waals surface area contributed by atoms with Crippen molar-refractivity contribution in [3.05, 3.63) is 59.2 Å². The first kappa shape index (κ1) is 14.5. The van der Waals surface area contributed by atoms with E-state index in [0.717, 1.165) is 10.6 Å². The molecule has 0 aromatic heterocycles. The zero-order chi connectivity index (χ0) is 14.5. The minimum atomic E-state index is -0.402. The Morgan fingerprint density at radius 1 is 1.20 bits per heavy atom. The van der Waals surface area contributed by atoms with Gasteiger partial charge < -0.3 is 10.5 Å². The Morgan fingerprint density at radius 2 is 1.95 bits per heavy atom. The molecule has 0 aliphatic heterocycles. The topological polar surface area (TPSA) is 52.3 Å². The lowest BCUT2D eigenvalue weighted by Crippen LogP contribution is -2.06. The van der Waals surface area contributed by atoms with Crippen LogP contribution < -0.4 is 5.73 Å². The van der Waals surface area contributed by atoms with Crippen molar-refractivity contribution in [2.45, 2.75) is 17.6 Å². The van der Waals surface area contributed by atoms with Crippen LogP contribution in [0.4, 0.5) is 5.69 Å². The second kappa shape index (κ2) is 6.48. The van der Waals surface area contributed by atoms with Crippen LogP contribution in [-0.2, 0) is 10.5 Å². The van der Waals surface area contributed by atoms with Crippen LogP contribution >= 0.6 is 11.8 Å². The molecule has 0 atom stereocenters. The largest absolute Gasteiger partial charge is 0.465 e. The summed E-state index contributed by atoms with van der Waals surface area (Å²) in [5.41, 5.74) is 9.46. The van der Waals surface area contributed by atoms with Crippen molar-refractivity contribution in [3.63, 3.8) is 0 Å². The SMILES string of the molecule is COC(=O)c1cccc(SCc2ccccc2C)c1N. The summed E-state index contributed by atoms with van der Waals surface area (Å²) in [7, 11) is 1.36. The number of carbonyl (C=O) groups excluding carboxylic acids is 1. The molecular formula is C16H17NO2S. The molecule has 0 unspecified atom stereocenters. The van der Waals surface area contributed by atoms with Gasteiger partial charge in [-0.1, -0.05) is 30.3 Å². The molecule has 0 saturated carbocycles. The summed E-state index contributed by atoms with van der Waals surface area (Å²) >= 11 is 1.62. The predicted octanol–water partition coefficient (Wildman–Crippen LogP) is 3.66. The minimum absolute atomic E-state index is 0.402. The van der Waals surface area contributed by atoms with E-state index in [1.54, 1.807) is 17.8 Å². The minimum Gasteiger partial charge on any atom is -0.465 e. The van der Waals surface area contributed by atoms with Gasteiger partial charge in [-0.15, -0.1) is 11.8 Å². The lowest BCUT2D eigenvalue weighted by molar-refractivity contribution is 0.0601. The lowest BCUT2D eigenvalue weighted by atomic mass is 10.1. The van der Waals surface area contributed by atoms with Crippen molar-refractivity contribution in [2.75, 3.05) is 12.8 Å². The first-order valence-corrected chi connectivity index (χ1v) is 7.26. The average molecular weight is 287 g/mol. The number of nitrogen functional groups attached to an aromatic ring is 1. The molecule has 0 heterocycles. The van der Waals surface area contributed by atoms with Crippen molar-refractivity contribution in [1.29, 1.82) is 0 Å². The van der Waals surface area contributed by atoms with Crippen molar-refractivity contribution in [3.8, 4) is 0 Å². The summed E-state index contributed by atoms with van der Waals surface area (Å²) in [4.78, 5) is 12.5. The molecule has 2 aromatic rings. The lowest BCUT2D eigenvalue weighted by Gasteiger charge is -2.10. The van der Waals surface area contributed by atoms with E-state index in [1.165, 1.54) is 18.2 Å². The number of esters is 1. The number of aryl methyl sites for hydroxylation is 1. The smallest absolute Gasteiger partial charge is 0.339 e. The zero-order valence-corrected chi connectivity index (χ0v) is 12.4. The van der Waals surface area contributed by atoms with Gasteiger partial charge in [0.1, 0.15) is 0 Å². The Labute approximate surface area is 123 Å². The van der Waals surface area contributed by atoms with Crippen LogP contribution in [0.1, 0.15) is 21.5 Å². The molecule has 104 valence electrons. The summed E-state index contributed by atoms with van der Waals surface area (Å²) < 4.78 is 4.73. The van der Waals surface area contributed by atoms with Gasteiger partial charge in [-0.3, -0.25) is 0 Å². The molecule has 2 aromatic carbocycles. The summed E-state index contributed by atoms with van der Waals surface area (Å²) in [5.74, 6) is 0.419. The van der Waals surface area contributed by atoms with E-state index in [2.05, 4.69) is 19.1 Å². The Hall–Kier alpha value is -1.94. The normalized spacial score (nSPS) is 10.3. The molecule has 2 N–H and O–H groups in total. The molecule has 0 radical (unpaired) electrons. The fourth-order valence-electron chi connectivity index (χ4n) is 1.89. The Kier molecular flexibility index (Phi) is 4.69. The molecular weight excluding hydrogens is 270 g/mol. The van der Waals surface area contributed by atoms with Gasteiger partial charge in [0, 0.05) is 10.6 Å². The molecule has 0 spiro atoms. The molecule has 0 amide bonds. The van der Waals surface area contributed by atoms with Crippen LogP contribution in [0.25, 0.3) is 0 Å². The standard InChI is InChI=1S/C16H17NO2S/c1-11-6-3-4-7-12(11)10-20-14-9-5-8-13(15(14)17)16(18)19-2/h3-9H,10,17H2,1-2H3. The molecule has 0 fully saturated rings. The Morgan fingerprint density at radius 3 is 2.65 bits per heavy atom. The number of nitrogens with two attached hydrogens (primary N) is 1. The highest BCUT2D eigenvalue weighted by Gasteiger charge is 2.13. The Balaban J connectivity index is 2.18. The van der Waals surface area contributed by atoms with Crippen LogP contribution in [0.15, 0.2) is 47.4 Å². The quantitative estimate of drug-likeness (QED) is 0.530. The number of rotatable bonds is 4. The van der Waals surface area contributed by atoms with Crippen molar-refractivity contribution >= 4 is 23.4 Å². The van der Waals surface area contributed by atoms with Crippen LogP contribution in [0.5, 0.6) is 0 Å². The molecule has 2 rings (SSSR count). The van der Waals surface area contributed by atoms with Crippen molar-refractivity contribution < 1.29 is 9.53 Å². The fourth-order valence-corrected chi connectivity index (χ4v) is 2.96. The number of benzene rings is 2.